The first-order valence-corrected chi connectivity index (χ1v) is 7.36. The fourth-order valence-electron chi connectivity index (χ4n) is 1.94. The Balaban J connectivity index is 2.49. The molecule has 0 radical (unpaired) electrons. The standard InChI is InChI=1S/C14H19BrN4/c1-4-13-17-14(5-2)19(18-13)12-7-6-10(9(3)16)8-11(12)15/h6-9H,4-5,16H2,1-3H3/t9-/m1/s1. The van der Waals surface area contributed by atoms with E-state index in [0.29, 0.717) is 0 Å². The van der Waals surface area contributed by atoms with Crippen LogP contribution in [0.1, 0.15) is 44.0 Å². The van der Waals surface area contributed by atoms with Crippen LogP contribution in [0, 0.1) is 0 Å². The number of hydrogen-bond donors (Lipinski definition) is 1. The predicted octanol–water partition coefficient (Wildman–Crippen LogP) is 3.17. The lowest BCUT2D eigenvalue weighted by Crippen LogP contribution is -2.07. The number of nitrogens with two attached hydrogens (primary N) is 1. The molecule has 1 heterocycles. The number of benzene rings is 1. The summed E-state index contributed by atoms with van der Waals surface area (Å²) in [5.74, 6) is 1.85. The average Bonchev–Trinajstić information content (AvgIpc) is 2.81. The van der Waals surface area contributed by atoms with Gasteiger partial charge in [0.15, 0.2) is 5.82 Å². The molecule has 2 N–H and O–H groups in total. The van der Waals surface area contributed by atoms with E-state index in [1.807, 2.05) is 29.8 Å². The van der Waals surface area contributed by atoms with E-state index in [4.69, 9.17) is 5.73 Å². The molecule has 2 rings (SSSR count). The Morgan fingerprint density at radius 3 is 2.58 bits per heavy atom. The third-order valence-corrected chi connectivity index (χ3v) is 3.71. The molecule has 0 aliphatic carbocycles. The van der Waals surface area contributed by atoms with Crippen molar-refractivity contribution in [2.45, 2.75) is 39.7 Å². The van der Waals surface area contributed by atoms with Gasteiger partial charge in [-0.25, -0.2) is 9.67 Å². The minimum atomic E-state index is 0.0259. The molecule has 102 valence electrons. The summed E-state index contributed by atoms with van der Waals surface area (Å²) in [5.41, 5.74) is 8.01. The van der Waals surface area contributed by atoms with Gasteiger partial charge in [-0.2, -0.15) is 5.10 Å². The second-order valence-electron chi connectivity index (χ2n) is 4.56. The first-order valence-electron chi connectivity index (χ1n) is 6.57. The first-order chi connectivity index (χ1) is 9.06. The minimum absolute atomic E-state index is 0.0259. The molecule has 1 aromatic heterocycles. The Labute approximate surface area is 122 Å². The van der Waals surface area contributed by atoms with Crippen LogP contribution < -0.4 is 5.73 Å². The molecule has 0 saturated carbocycles. The number of halogens is 1. The molecule has 0 unspecified atom stereocenters. The Bertz CT molecular complexity index is 575. The van der Waals surface area contributed by atoms with Crippen molar-refractivity contribution < 1.29 is 0 Å². The molecule has 2 aromatic rings. The molecule has 1 atom stereocenters. The van der Waals surface area contributed by atoms with E-state index in [1.165, 1.54) is 0 Å². The van der Waals surface area contributed by atoms with Gasteiger partial charge >= 0.3 is 0 Å². The van der Waals surface area contributed by atoms with Gasteiger partial charge in [-0.3, -0.25) is 0 Å². The number of rotatable bonds is 4. The van der Waals surface area contributed by atoms with Crippen LogP contribution >= 0.6 is 15.9 Å². The molecule has 0 spiro atoms. The normalized spacial score (nSPS) is 12.7. The maximum atomic E-state index is 5.90. The first kappa shape index (κ1) is 14.2. The van der Waals surface area contributed by atoms with E-state index < -0.39 is 0 Å². The lowest BCUT2D eigenvalue weighted by Gasteiger charge is -2.11. The zero-order valence-electron chi connectivity index (χ0n) is 11.5. The number of aromatic nitrogens is 3. The SMILES string of the molecule is CCc1nc(CC)n(-c2ccc([C@@H](C)N)cc2Br)n1. The molecule has 0 amide bonds. The van der Waals surface area contributed by atoms with E-state index in [0.717, 1.165) is 40.2 Å². The van der Waals surface area contributed by atoms with E-state index >= 15 is 0 Å². The van der Waals surface area contributed by atoms with Crippen LogP contribution in [0.2, 0.25) is 0 Å². The third-order valence-electron chi connectivity index (χ3n) is 3.08. The van der Waals surface area contributed by atoms with Crippen LogP contribution in [0.25, 0.3) is 5.69 Å². The maximum absolute atomic E-state index is 5.90. The highest BCUT2D eigenvalue weighted by atomic mass is 79.9. The minimum Gasteiger partial charge on any atom is -0.324 e. The summed E-state index contributed by atoms with van der Waals surface area (Å²) in [6.45, 7) is 6.13. The van der Waals surface area contributed by atoms with Crippen molar-refractivity contribution in [1.82, 2.24) is 14.8 Å². The number of nitrogens with zero attached hydrogens (tertiary/aromatic N) is 3. The summed E-state index contributed by atoms with van der Waals surface area (Å²) in [4.78, 5) is 4.53. The topological polar surface area (TPSA) is 56.7 Å². The Morgan fingerprint density at radius 1 is 1.32 bits per heavy atom. The van der Waals surface area contributed by atoms with Gasteiger partial charge < -0.3 is 5.73 Å². The van der Waals surface area contributed by atoms with E-state index in [-0.39, 0.29) is 6.04 Å². The molecular weight excluding hydrogens is 304 g/mol. The lowest BCUT2D eigenvalue weighted by atomic mass is 10.1. The van der Waals surface area contributed by atoms with Gasteiger partial charge in [-0.1, -0.05) is 19.9 Å². The summed E-state index contributed by atoms with van der Waals surface area (Å²) >= 11 is 3.60. The highest BCUT2D eigenvalue weighted by Gasteiger charge is 2.12. The fourth-order valence-corrected chi connectivity index (χ4v) is 2.51. The van der Waals surface area contributed by atoms with E-state index in [9.17, 15) is 0 Å². The largest absolute Gasteiger partial charge is 0.324 e. The van der Waals surface area contributed by atoms with Gasteiger partial charge in [0.1, 0.15) is 5.82 Å². The van der Waals surface area contributed by atoms with Crippen molar-refractivity contribution in [3.8, 4) is 5.69 Å². The van der Waals surface area contributed by atoms with Gasteiger partial charge in [-0.15, -0.1) is 0 Å². The van der Waals surface area contributed by atoms with Crippen LogP contribution in [0.5, 0.6) is 0 Å². The molecule has 0 aliphatic rings. The van der Waals surface area contributed by atoms with Crippen LogP contribution in [0.3, 0.4) is 0 Å². The Kier molecular flexibility index (Phi) is 4.37. The molecule has 0 aliphatic heterocycles. The van der Waals surface area contributed by atoms with Gasteiger partial charge in [0.2, 0.25) is 0 Å². The Hall–Kier alpha value is -1.20. The predicted molar refractivity (Wildman–Crippen MR) is 80.4 cm³/mol. The molecule has 0 saturated heterocycles. The molecular formula is C14H19BrN4. The van der Waals surface area contributed by atoms with Crippen molar-refractivity contribution in [3.05, 3.63) is 39.9 Å². The van der Waals surface area contributed by atoms with Crippen molar-refractivity contribution in [2.75, 3.05) is 0 Å². The summed E-state index contributed by atoms with van der Waals surface area (Å²) in [7, 11) is 0. The van der Waals surface area contributed by atoms with E-state index in [2.05, 4.69) is 39.9 Å². The average molecular weight is 323 g/mol. The van der Waals surface area contributed by atoms with Gasteiger partial charge in [0, 0.05) is 23.4 Å². The van der Waals surface area contributed by atoms with Crippen molar-refractivity contribution in [3.63, 3.8) is 0 Å². The summed E-state index contributed by atoms with van der Waals surface area (Å²) in [6.07, 6.45) is 1.70. The van der Waals surface area contributed by atoms with Crippen molar-refractivity contribution in [2.24, 2.45) is 5.73 Å². The van der Waals surface area contributed by atoms with Crippen LogP contribution in [-0.4, -0.2) is 14.8 Å². The molecule has 1 aromatic carbocycles. The quantitative estimate of drug-likeness (QED) is 0.940. The number of aryl methyl sites for hydroxylation is 2. The zero-order valence-corrected chi connectivity index (χ0v) is 13.1. The highest BCUT2D eigenvalue weighted by Crippen LogP contribution is 2.25. The second kappa shape index (κ2) is 5.84. The summed E-state index contributed by atoms with van der Waals surface area (Å²) in [6, 6.07) is 6.15. The molecule has 5 heteroatoms. The van der Waals surface area contributed by atoms with Crippen LogP contribution in [0.4, 0.5) is 0 Å². The van der Waals surface area contributed by atoms with Crippen molar-refractivity contribution >= 4 is 15.9 Å². The van der Waals surface area contributed by atoms with Crippen LogP contribution in [0.15, 0.2) is 22.7 Å². The monoisotopic (exact) mass is 322 g/mol. The molecule has 0 fully saturated rings. The molecule has 4 nitrogen and oxygen atoms in total. The number of hydrogen-bond acceptors (Lipinski definition) is 3. The van der Waals surface area contributed by atoms with E-state index in [1.54, 1.807) is 0 Å². The maximum Gasteiger partial charge on any atom is 0.151 e. The molecule has 0 bridgehead atoms. The second-order valence-corrected chi connectivity index (χ2v) is 5.42. The lowest BCUT2D eigenvalue weighted by molar-refractivity contribution is 0.781. The smallest absolute Gasteiger partial charge is 0.151 e. The van der Waals surface area contributed by atoms with Gasteiger partial charge in [0.05, 0.1) is 5.69 Å². The zero-order chi connectivity index (χ0) is 14.0. The van der Waals surface area contributed by atoms with Crippen molar-refractivity contribution in [1.29, 1.82) is 0 Å². The summed E-state index contributed by atoms with van der Waals surface area (Å²) < 4.78 is 2.90. The highest BCUT2D eigenvalue weighted by molar-refractivity contribution is 9.10. The van der Waals surface area contributed by atoms with Gasteiger partial charge in [-0.05, 0) is 40.5 Å². The molecule has 19 heavy (non-hydrogen) atoms. The third kappa shape index (κ3) is 2.87. The Morgan fingerprint density at radius 2 is 2.05 bits per heavy atom. The van der Waals surface area contributed by atoms with Crippen LogP contribution in [-0.2, 0) is 12.8 Å². The van der Waals surface area contributed by atoms with Gasteiger partial charge in [0.25, 0.3) is 0 Å². The summed E-state index contributed by atoms with van der Waals surface area (Å²) in [5, 5.41) is 4.55. The fraction of sp³-hybridized carbons (Fsp3) is 0.429.